The molecule has 0 spiro atoms. The lowest BCUT2D eigenvalue weighted by molar-refractivity contribution is 0.0691. The van der Waals surface area contributed by atoms with Gasteiger partial charge in [-0.2, -0.15) is 0 Å². The van der Waals surface area contributed by atoms with Crippen molar-refractivity contribution in [2.45, 2.75) is 26.2 Å². The summed E-state index contributed by atoms with van der Waals surface area (Å²) in [6.45, 7) is 2.12. The second-order valence-corrected chi connectivity index (χ2v) is 4.18. The molecule has 2 rings (SSSR count). The molecule has 0 saturated carbocycles. The van der Waals surface area contributed by atoms with Gasteiger partial charge >= 0.3 is 5.97 Å². The molecule has 3 N–H and O–H groups in total. The van der Waals surface area contributed by atoms with E-state index in [1.807, 2.05) is 12.1 Å². The van der Waals surface area contributed by atoms with E-state index in [1.54, 1.807) is 6.07 Å². The summed E-state index contributed by atoms with van der Waals surface area (Å²) in [4.78, 5) is 10.9. The Labute approximate surface area is 105 Å². The molecule has 1 heterocycles. The first kappa shape index (κ1) is 12.3. The van der Waals surface area contributed by atoms with Crippen LogP contribution in [0.5, 0.6) is 0 Å². The van der Waals surface area contributed by atoms with Crippen molar-refractivity contribution in [2.75, 3.05) is 5.73 Å². The second-order valence-electron chi connectivity index (χ2n) is 4.18. The van der Waals surface area contributed by atoms with Crippen molar-refractivity contribution in [3.63, 3.8) is 0 Å². The van der Waals surface area contributed by atoms with Gasteiger partial charge in [0.05, 0.1) is 11.2 Å². The summed E-state index contributed by atoms with van der Waals surface area (Å²) in [5.74, 6) is -1.15. The Balaban J connectivity index is 2.59. The standard InChI is InChI=1S/C13H15N3O2/c1-2-3-5-8-6-4-7-9-10(14)12(13(17)18)16-15-11(8)9/h4,6-7H,2-3,5H2,1H3,(H2,14,15)(H,17,18). The molecular formula is C13H15N3O2. The molecule has 1 aromatic carbocycles. The Morgan fingerprint density at radius 1 is 1.39 bits per heavy atom. The van der Waals surface area contributed by atoms with Gasteiger partial charge in [0.15, 0.2) is 5.69 Å². The fourth-order valence-electron chi connectivity index (χ4n) is 1.94. The molecular weight excluding hydrogens is 230 g/mol. The molecule has 5 nitrogen and oxygen atoms in total. The van der Waals surface area contributed by atoms with E-state index in [2.05, 4.69) is 17.1 Å². The Hall–Kier alpha value is -2.17. The van der Waals surface area contributed by atoms with Crippen LogP contribution >= 0.6 is 0 Å². The number of benzene rings is 1. The summed E-state index contributed by atoms with van der Waals surface area (Å²) >= 11 is 0. The van der Waals surface area contributed by atoms with E-state index < -0.39 is 5.97 Å². The number of hydrogen-bond donors (Lipinski definition) is 2. The SMILES string of the molecule is CCCCc1cccc2c(N)c(C(=O)O)nnc12. The normalized spacial score (nSPS) is 10.7. The molecule has 0 fully saturated rings. The van der Waals surface area contributed by atoms with Crippen LogP contribution in [0.2, 0.25) is 0 Å². The van der Waals surface area contributed by atoms with Crippen LogP contribution in [0.3, 0.4) is 0 Å². The van der Waals surface area contributed by atoms with Crippen molar-refractivity contribution in [2.24, 2.45) is 0 Å². The quantitative estimate of drug-likeness (QED) is 0.862. The predicted octanol–water partition coefficient (Wildman–Crippen LogP) is 2.25. The average Bonchev–Trinajstić information content (AvgIpc) is 2.36. The molecule has 0 aliphatic carbocycles. The summed E-state index contributed by atoms with van der Waals surface area (Å²) < 4.78 is 0. The van der Waals surface area contributed by atoms with Crippen LogP contribution in [0.15, 0.2) is 18.2 Å². The molecule has 2 aromatic rings. The van der Waals surface area contributed by atoms with Gasteiger partial charge in [0.1, 0.15) is 0 Å². The zero-order valence-electron chi connectivity index (χ0n) is 10.2. The van der Waals surface area contributed by atoms with Gasteiger partial charge in [-0.3, -0.25) is 0 Å². The highest BCUT2D eigenvalue weighted by Crippen LogP contribution is 2.24. The van der Waals surface area contributed by atoms with E-state index in [4.69, 9.17) is 10.8 Å². The van der Waals surface area contributed by atoms with Crippen LogP contribution in [-0.2, 0) is 6.42 Å². The highest BCUT2D eigenvalue weighted by Gasteiger charge is 2.15. The van der Waals surface area contributed by atoms with E-state index in [1.165, 1.54) is 0 Å². The number of carboxylic acid groups (broad SMARTS) is 1. The minimum Gasteiger partial charge on any atom is -0.476 e. The lowest BCUT2D eigenvalue weighted by Crippen LogP contribution is -2.08. The highest BCUT2D eigenvalue weighted by atomic mass is 16.4. The first-order chi connectivity index (χ1) is 8.65. The minimum atomic E-state index is -1.15. The van der Waals surface area contributed by atoms with Gasteiger partial charge in [0.2, 0.25) is 0 Å². The Bertz CT molecular complexity index is 596. The third-order valence-electron chi connectivity index (χ3n) is 2.92. The van der Waals surface area contributed by atoms with Crippen molar-refractivity contribution in [1.82, 2.24) is 10.2 Å². The second kappa shape index (κ2) is 5.00. The monoisotopic (exact) mass is 245 g/mol. The predicted molar refractivity (Wildman–Crippen MR) is 69.5 cm³/mol. The smallest absolute Gasteiger partial charge is 0.358 e. The summed E-state index contributed by atoms with van der Waals surface area (Å²) in [7, 11) is 0. The van der Waals surface area contributed by atoms with Crippen molar-refractivity contribution >= 4 is 22.6 Å². The van der Waals surface area contributed by atoms with Gasteiger partial charge in [-0.25, -0.2) is 4.79 Å². The zero-order chi connectivity index (χ0) is 13.1. The number of aryl methyl sites for hydroxylation is 1. The first-order valence-corrected chi connectivity index (χ1v) is 5.92. The first-order valence-electron chi connectivity index (χ1n) is 5.92. The molecule has 0 radical (unpaired) electrons. The molecule has 18 heavy (non-hydrogen) atoms. The Morgan fingerprint density at radius 2 is 2.17 bits per heavy atom. The Morgan fingerprint density at radius 3 is 2.83 bits per heavy atom. The number of nitrogens with zero attached hydrogens (tertiary/aromatic N) is 2. The largest absolute Gasteiger partial charge is 0.476 e. The van der Waals surface area contributed by atoms with Gasteiger partial charge in [0.25, 0.3) is 0 Å². The van der Waals surface area contributed by atoms with Crippen LogP contribution in [0.1, 0.15) is 35.8 Å². The van der Waals surface area contributed by atoms with Gasteiger partial charge in [0, 0.05) is 5.39 Å². The molecule has 1 aromatic heterocycles. The molecule has 5 heteroatoms. The number of aromatic carboxylic acids is 1. The molecule has 0 saturated heterocycles. The van der Waals surface area contributed by atoms with E-state index in [9.17, 15) is 4.79 Å². The topological polar surface area (TPSA) is 89.1 Å². The summed E-state index contributed by atoms with van der Waals surface area (Å²) in [5.41, 5.74) is 7.60. The number of rotatable bonds is 4. The maximum absolute atomic E-state index is 10.9. The highest BCUT2D eigenvalue weighted by molar-refractivity contribution is 6.02. The zero-order valence-corrected chi connectivity index (χ0v) is 10.2. The third-order valence-corrected chi connectivity index (χ3v) is 2.92. The number of anilines is 1. The molecule has 0 bridgehead atoms. The third kappa shape index (κ3) is 2.11. The summed E-state index contributed by atoms with van der Waals surface area (Å²) in [6, 6.07) is 5.63. The molecule has 94 valence electrons. The number of unbranched alkanes of at least 4 members (excludes halogenated alkanes) is 1. The van der Waals surface area contributed by atoms with E-state index in [-0.39, 0.29) is 11.4 Å². The fourth-order valence-corrected chi connectivity index (χ4v) is 1.94. The number of carboxylic acids is 1. The Kier molecular flexibility index (Phi) is 3.41. The van der Waals surface area contributed by atoms with Crippen LogP contribution in [0.25, 0.3) is 10.9 Å². The number of carbonyl (C=O) groups is 1. The number of aromatic nitrogens is 2. The lowest BCUT2D eigenvalue weighted by Gasteiger charge is -2.07. The average molecular weight is 245 g/mol. The van der Waals surface area contributed by atoms with E-state index in [0.29, 0.717) is 10.9 Å². The van der Waals surface area contributed by atoms with Crippen molar-refractivity contribution in [3.05, 3.63) is 29.5 Å². The molecule has 0 amide bonds. The van der Waals surface area contributed by atoms with E-state index >= 15 is 0 Å². The summed E-state index contributed by atoms with van der Waals surface area (Å²) in [5, 5.41) is 17.3. The fraction of sp³-hybridized carbons (Fsp3) is 0.308. The number of hydrogen-bond acceptors (Lipinski definition) is 4. The van der Waals surface area contributed by atoms with Crippen molar-refractivity contribution < 1.29 is 9.90 Å². The van der Waals surface area contributed by atoms with Crippen LogP contribution < -0.4 is 5.73 Å². The van der Waals surface area contributed by atoms with Gasteiger partial charge in [-0.15, -0.1) is 10.2 Å². The molecule has 0 aliphatic rings. The maximum Gasteiger partial charge on any atom is 0.358 e. The van der Waals surface area contributed by atoms with Gasteiger partial charge in [-0.1, -0.05) is 31.5 Å². The summed E-state index contributed by atoms with van der Waals surface area (Å²) in [6.07, 6.45) is 3.04. The van der Waals surface area contributed by atoms with Crippen LogP contribution in [-0.4, -0.2) is 21.3 Å². The number of nitrogens with two attached hydrogens (primary N) is 1. The minimum absolute atomic E-state index is 0.185. The van der Waals surface area contributed by atoms with Crippen LogP contribution in [0.4, 0.5) is 5.69 Å². The van der Waals surface area contributed by atoms with Crippen LogP contribution in [0, 0.1) is 0 Å². The number of nitrogen functional groups attached to an aromatic ring is 1. The van der Waals surface area contributed by atoms with Gasteiger partial charge in [-0.05, 0) is 18.4 Å². The van der Waals surface area contributed by atoms with Gasteiger partial charge < -0.3 is 10.8 Å². The van der Waals surface area contributed by atoms with E-state index in [0.717, 1.165) is 24.8 Å². The lowest BCUT2D eigenvalue weighted by atomic mass is 10.0. The molecule has 0 unspecified atom stereocenters. The number of fused-ring (bicyclic) bond motifs is 1. The molecule has 0 aliphatic heterocycles. The molecule has 0 atom stereocenters. The van der Waals surface area contributed by atoms with Crippen molar-refractivity contribution in [3.8, 4) is 0 Å². The maximum atomic E-state index is 10.9. The van der Waals surface area contributed by atoms with Crippen molar-refractivity contribution in [1.29, 1.82) is 0 Å².